The van der Waals surface area contributed by atoms with Gasteiger partial charge < -0.3 is 14.9 Å². The number of halogens is 1. The predicted octanol–water partition coefficient (Wildman–Crippen LogP) is 2.58. The molecule has 26 heavy (non-hydrogen) atoms. The van der Waals surface area contributed by atoms with Crippen molar-refractivity contribution < 1.29 is 9.18 Å². The van der Waals surface area contributed by atoms with Gasteiger partial charge in [0.2, 0.25) is 5.43 Å². The molecule has 0 saturated heterocycles. The topological polar surface area (TPSA) is 79.8 Å². The fraction of sp³-hybridized carbons (Fsp3) is 0.105. The van der Waals surface area contributed by atoms with Gasteiger partial charge in [-0.3, -0.25) is 9.59 Å². The third kappa shape index (κ3) is 2.21. The van der Waals surface area contributed by atoms with Crippen LogP contribution in [0.25, 0.3) is 33.3 Å². The Morgan fingerprint density at radius 1 is 1.27 bits per heavy atom. The van der Waals surface area contributed by atoms with E-state index >= 15 is 0 Å². The van der Waals surface area contributed by atoms with Crippen molar-refractivity contribution in [3.05, 3.63) is 64.2 Å². The Labute approximate surface area is 147 Å². The van der Waals surface area contributed by atoms with Crippen LogP contribution in [0.15, 0.2) is 47.4 Å². The van der Waals surface area contributed by atoms with Crippen molar-refractivity contribution in [3.63, 3.8) is 0 Å². The highest BCUT2D eigenvalue weighted by molar-refractivity contribution is 6.05. The molecule has 0 aliphatic heterocycles. The summed E-state index contributed by atoms with van der Waals surface area (Å²) >= 11 is 0. The second kappa shape index (κ2) is 5.80. The summed E-state index contributed by atoms with van der Waals surface area (Å²) < 4.78 is 16.4. The summed E-state index contributed by atoms with van der Waals surface area (Å²) in [6, 6.07) is 10.6. The van der Waals surface area contributed by atoms with Crippen molar-refractivity contribution in [2.75, 3.05) is 7.05 Å². The van der Waals surface area contributed by atoms with E-state index in [9.17, 15) is 14.0 Å². The maximum absolute atomic E-state index is 14.8. The number of carbonyl (C=O) groups is 1. The molecule has 6 nitrogen and oxygen atoms in total. The van der Waals surface area contributed by atoms with Crippen LogP contribution in [0.3, 0.4) is 0 Å². The number of hydrogen-bond acceptors (Lipinski definition) is 3. The molecular formula is C19H15FN4O2. The minimum Gasteiger partial charge on any atom is -0.358 e. The molecule has 0 spiro atoms. The second-order valence-electron chi connectivity index (χ2n) is 5.95. The Hall–Kier alpha value is -3.48. The van der Waals surface area contributed by atoms with Crippen molar-refractivity contribution in [1.29, 1.82) is 0 Å². The first kappa shape index (κ1) is 16.0. The number of aromatic nitrogens is 3. The molecule has 0 aliphatic rings. The van der Waals surface area contributed by atoms with Crippen LogP contribution in [0, 0.1) is 5.82 Å². The van der Waals surface area contributed by atoms with Crippen LogP contribution >= 0.6 is 0 Å². The number of aromatic amines is 1. The molecule has 0 saturated carbocycles. The first-order valence-corrected chi connectivity index (χ1v) is 8.00. The number of fused-ring (bicyclic) bond motifs is 3. The molecule has 0 aliphatic carbocycles. The number of amides is 1. The van der Waals surface area contributed by atoms with Crippen LogP contribution in [0.1, 0.15) is 10.4 Å². The number of nitrogens with zero attached hydrogens (tertiary/aromatic N) is 2. The van der Waals surface area contributed by atoms with Crippen LogP contribution < -0.4 is 10.7 Å². The molecule has 0 radical (unpaired) electrons. The molecule has 0 unspecified atom stereocenters. The van der Waals surface area contributed by atoms with Gasteiger partial charge in [-0.05, 0) is 6.07 Å². The maximum atomic E-state index is 14.8. The smallest absolute Gasteiger partial charge is 0.256 e. The molecule has 2 aromatic heterocycles. The summed E-state index contributed by atoms with van der Waals surface area (Å²) in [5.41, 5.74) is 1.27. The molecule has 2 aromatic carbocycles. The molecule has 2 N–H and O–H groups in total. The van der Waals surface area contributed by atoms with Gasteiger partial charge in [0, 0.05) is 25.9 Å². The van der Waals surface area contributed by atoms with E-state index < -0.39 is 17.2 Å². The monoisotopic (exact) mass is 350 g/mol. The van der Waals surface area contributed by atoms with Gasteiger partial charge in [-0.25, -0.2) is 9.37 Å². The van der Waals surface area contributed by atoms with Crippen molar-refractivity contribution in [2.45, 2.75) is 0 Å². The van der Waals surface area contributed by atoms with Crippen molar-refractivity contribution >= 4 is 27.8 Å². The fourth-order valence-electron chi connectivity index (χ4n) is 3.17. The number of imidazole rings is 1. The van der Waals surface area contributed by atoms with Gasteiger partial charge in [-0.15, -0.1) is 0 Å². The third-order valence-corrected chi connectivity index (χ3v) is 4.45. The molecule has 1 amide bonds. The summed E-state index contributed by atoms with van der Waals surface area (Å²) in [4.78, 5) is 31.9. The lowest BCUT2D eigenvalue weighted by Gasteiger charge is -2.05. The predicted molar refractivity (Wildman–Crippen MR) is 97.6 cm³/mol. The van der Waals surface area contributed by atoms with E-state index in [1.165, 1.54) is 13.2 Å². The van der Waals surface area contributed by atoms with Gasteiger partial charge in [0.15, 0.2) is 0 Å². The van der Waals surface area contributed by atoms with Crippen LogP contribution in [0.5, 0.6) is 0 Å². The minimum absolute atomic E-state index is 0.0713. The molecule has 7 heteroatoms. The minimum atomic E-state index is -0.566. The lowest BCUT2D eigenvalue weighted by atomic mass is 10.1. The summed E-state index contributed by atoms with van der Waals surface area (Å²) in [5.74, 6) is -0.507. The molecule has 130 valence electrons. The Kier molecular flexibility index (Phi) is 3.57. The Morgan fingerprint density at radius 2 is 2.00 bits per heavy atom. The summed E-state index contributed by atoms with van der Waals surface area (Å²) in [6.07, 6.45) is 1.33. The first-order chi connectivity index (χ1) is 12.5. The molecular weight excluding hydrogens is 335 g/mol. The molecule has 0 fully saturated rings. The van der Waals surface area contributed by atoms with E-state index in [0.29, 0.717) is 22.4 Å². The zero-order valence-corrected chi connectivity index (χ0v) is 14.1. The quantitative estimate of drug-likeness (QED) is 0.583. The number of pyridine rings is 1. The average Bonchev–Trinajstić information content (AvgIpc) is 3.01. The zero-order chi connectivity index (χ0) is 18.4. The lowest BCUT2D eigenvalue weighted by Crippen LogP contribution is -2.25. The largest absolute Gasteiger partial charge is 0.358 e. The van der Waals surface area contributed by atoms with E-state index in [-0.39, 0.29) is 10.9 Å². The SMILES string of the molecule is CNC(=O)c1c[nH]c2c(cc(F)c3c2nc(-c2ccccc2)n3C)c1=O. The Balaban J connectivity index is 2.09. The van der Waals surface area contributed by atoms with Crippen molar-refractivity contribution in [3.8, 4) is 11.4 Å². The second-order valence-corrected chi connectivity index (χ2v) is 5.95. The molecule has 0 atom stereocenters. The zero-order valence-electron chi connectivity index (χ0n) is 14.1. The summed E-state index contributed by atoms with van der Waals surface area (Å²) in [5, 5.41) is 2.49. The van der Waals surface area contributed by atoms with Crippen LogP contribution in [0.2, 0.25) is 0 Å². The number of hydrogen-bond donors (Lipinski definition) is 2. The Bertz CT molecular complexity index is 1230. The maximum Gasteiger partial charge on any atom is 0.256 e. The summed E-state index contributed by atoms with van der Waals surface area (Å²) in [6.45, 7) is 0. The van der Waals surface area contributed by atoms with Crippen molar-refractivity contribution in [1.82, 2.24) is 19.9 Å². The normalized spacial score (nSPS) is 11.2. The number of aryl methyl sites for hydroxylation is 1. The van der Waals surface area contributed by atoms with E-state index in [1.807, 2.05) is 30.3 Å². The highest BCUT2D eigenvalue weighted by Gasteiger charge is 2.20. The highest BCUT2D eigenvalue weighted by Crippen LogP contribution is 2.29. The highest BCUT2D eigenvalue weighted by atomic mass is 19.1. The first-order valence-electron chi connectivity index (χ1n) is 8.00. The van der Waals surface area contributed by atoms with Crippen LogP contribution in [-0.2, 0) is 7.05 Å². The summed E-state index contributed by atoms with van der Waals surface area (Å²) in [7, 11) is 3.16. The number of rotatable bonds is 2. The van der Waals surface area contributed by atoms with Crippen LogP contribution in [-0.4, -0.2) is 27.5 Å². The van der Waals surface area contributed by atoms with Gasteiger partial charge in [0.05, 0.1) is 10.9 Å². The molecule has 4 aromatic rings. The molecule has 4 rings (SSSR count). The average molecular weight is 350 g/mol. The van der Waals surface area contributed by atoms with Gasteiger partial charge in [0.1, 0.15) is 28.2 Å². The van der Waals surface area contributed by atoms with E-state index in [0.717, 1.165) is 11.6 Å². The molecule has 2 heterocycles. The third-order valence-electron chi connectivity index (χ3n) is 4.45. The van der Waals surface area contributed by atoms with E-state index in [4.69, 9.17) is 0 Å². The number of benzene rings is 2. The van der Waals surface area contributed by atoms with Gasteiger partial charge in [-0.2, -0.15) is 0 Å². The number of carbonyl (C=O) groups excluding carboxylic acids is 1. The number of H-pyrrole nitrogens is 1. The number of nitrogens with one attached hydrogen (secondary N) is 2. The standard InChI is InChI=1S/C19H15FN4O2/c1-21-19(26)12-9-22-14-11(17(12)25)8-13(20)16-15(14)23-18(24(16)2)10-6-4-3-5-7-10/h3-9H,1-2H3,(H,21,26)(H,22,25). The van der Waals surface area contributed by atoms with Gasteiger partial charge >= 0.3 is 0 Å². The lowest BCUT2D eigenvalue weighted by molar-refractivity contribution is 0.0962. The van der Waals surface area contributed by atoms with Crippen LogP contribution in [0.4, 0.5) is 4.39 Å². The van der Waals surface area contributed by atoms with E-state index in [2.05, 4.69) is 15.3 Å². The van der Waals surface area contributed by atoms with Gasteiger partial charge in [-0.1, -0.05) is 30.3 Å². The van der Waals surface area contributed by atoms with Gasteiger partial charge in [0.25, 0.3) is 5.91 Å². The van der Waals surface area contributed by atoms with E-state index in [1.54, 1.807) is 11.6 Å². The van der Waals surface area contributed by atoms with Crippen molar-refractivity contribution in [2.24, 2.45) is 7.05 Å². The Morgan fingerprint density at radius 3 is 2.69 bits per heavy atom. The molecule has 0 bridgehead atoms. The fourth-order valence-corrected chi connectivity index (χ4v) is 3.17.